The van der Waals surface area contributed by atoms with E-state index in [4.69, 9.17) is 5.73 Å². The molecular formula is C13H23N3. The molecule has 90 valence electrons. The molecule has 0 atom stereocenters. The highest BCUT2D eigenvalue weighted by Crippen LogP contribution is 2.33. The van der Waals surface area contributed by atoms with E-state index in [1.165, 1.54) is 31.4 Å². The second kappa shape index (κ2) is 4.21. The van der Waals surface area contributed by atoms with E-state index in [9.17, 15) is 0 Å². The monoisotopic (exact) mass is 221 g/mol. The van der Waals surface area contributed by atoms with Crippen molar-refractivity contribution in [2.75, 3.05) is 0 Å². The van der Waals surface area contributed by atoms with E-state index in [1.54, 1.807) is 0 Å². The first-order chi connectivity index (χ1) is 7.52. The fraction of sp³-hybridized carbons (Fsp3) is 0.769. The first kappa shape index (κ1) is 11.6. The van der Waals surface area contributed by atoms with Crippen LogP contribution in [0.4, 0.5) is 0 Å². The average Bonchev–Trinajstić information content (AvgIpc) is 2.85. The highest BCUT2D eigenvalue weighted by atomic mass is 15.3. The van der Waals surface area contributed by atoms with Gasteiger partial charge >= 0.3 is 0 Å². The van der Waals surface area contributed by atoms with Gasteiger partial charge in [-0.2, -0.15) is 5.10 Å². The Labute approximate surface area is 98.0 Å². The minimum Gasteiger partial charge on any atom is -0.325 e. The van der Waals surface area contributed by atoms with E-state index in [2.05, 4.69) is 36.6 Å². The first-order valence-electron chi connectivity index (χ1n) is 6.31. The molecule has 3 nitrogen and oxygen atoms in total. The SMILES string of the molecule is CC(C)(C)c1cc(CN)nn1C1CCCC1. The van der Waals surface area contributed by atoms with E-state index in [-0.39, 0.29) is 5.41 Å². The Bertz CT molecular complexity index is 354. The zero-order valence-corrected chi connectivity index (χ0v) is 10.7. The number of rotatable bonds is 2. The third-order valence-corrected chi connectivity index (χ3v) is 3.43. The van der Waals surface area contributed by atoms with Crippen molar-refractivity contribution in [3.05, 3.63) is 17.5 Å². The minimum absolute atomic E-state index is 0.156. The van der Waals surface area contributed by atoms with Crippen LogP contribution in [0.5, 0.6) is 0 Å². The fourth-order valence-corrected chi connectivity index (χ4v) is 2.53. The standard InChI is InChI=1S/C13H23N3/c1-13(2,3)12-8-10(9-14)15-16(12)11-6-4-5-7-11/h8,11H,4-7,9,14H2,1-3H3. The van der Waals surface area contributed by atoms with Crippen LogP contribution in [0, 0.1) is 0 Å². The van der Waals surface area contributed by atoms with Crippen LogP contribution >= 0.6 is 0 Å². The Kier molecular flexibility index (Phi) is 3.06. The lowest BCUT2D eigenvalue weighted by atomic mass is 9.91. The molecule has 0 bridgehead atoms. The summed E-state index contributed by atoms with van der Waals surface area (Å²) in [6, 6.07) is 2.78. The maximum atomic E-state index is 5.70. The first-order valence-corrected chi connectivity index (χ1v) is 6.31. The Morgan fingerprint density at radius 3 is 2.50 bits per heavy atom. The van der Waals surface area contributed by atoms with Gasteiger partial charge in [-0.05, 0) is 18.9 Å². The molecular weight excluding hydrogens is 198 g/mol. The summed E-state index contributed by atoms with van der Waals surface area (Å²) in [7, 11) is 0. The Morgan fingerprint density at radius 2 is 2.00 bits per heavy atom. The van der Waals surface area contributed by atoms with Gasteiger partial charge in [-0.3, -0.25) is 4.68 Å². The molecule has 1 heterocycles. The second-order valence-corrected chi connectivity index (χ2v) is 5.86. The molecule has 16 heavy (non-hydrogen) atoms. The summed E-state index contributed by atoms with van der Waals surface area (Å²) in [6.07, 6.45) is 5.22. The smallest absolute Gasteiger partial charge is 0.0763 e. The number of nitrogens with two attached hydrogens (primary N) is 1. The van der Waals surface area contributed by atoms with E-state index in [0.717, 1.165) is 5.69 Å². The van der Waals surface area contributed by atoms with Gasteiger partial charge in [-0.15, -0.1) is 0 Å². The van der Waals surface area contributed by atoms with Crippen LogP contribution in [0.1, 0.15) is 63.9 Å². The van der Waals surface area contributed by atoms with Crippen molar-refractivity contribution in [1.29, 1.82) is 0 Å². The Morgan fingerprint density at radius 1 is 1.38 bits per heavy atom. The lowest BCUT2D eigenvalue weighted by Gasteiger charge is -2.23. The van der Waals surface area contributed by atoms with Crippen LogP contribution in [0.15, 0.2) is 6.07 Å². The predicted octanol–water partition coefficient (Wildman–Crippen LogP) is 2.75. The summed E-state index contributed by atoms with van der Waals surface area (Å²) in [5.41, 5.74) is 8.21. The number of aromatic nitrogens is 2. The van der Waals surface area contributed by atoms with Gasteiger partial charge in [0, 0.05) is 17.7 Å². The summed E-state index contributed by atoms with van der Waals surface area (Å²) in [5.74, 6) is 0. The lowest BCUT2D eigenvalue weighted by Crippen LogP contribution is -2.20. The van der Waals surface area contributed by atoms with Gasteiger partial charge < -0.3 is 5.73 Å². The topological polar surface area (TPSA) is 43.8 Å². The number of nitrogens with zero attached hydrogens (tertiary/aromatic N) is 2. The van der Waals surface area contributed by atoms with Crippen LogP contribution in [-0.2, 0) is 12.0 Å². The van der Waals surface area contributed by atoms with E-state index in [1.807, 2.05) is 0 Å². The number of hydrogen-bond acceptors (Lipinski definition) is 2. The third-order valence-electron chi connectivity index (χ3n) is 3.43. The molecule has 3 heteroatoms. The Hall–Kier alpha value is -0.830. The van der Waals surface area contributed by atoms with Crippen molar-refractivity contribution in [2.24, 2.45) is 5.73 Å². The zero-order valence-electron chi connectivity index (χ0n) is 10.7. The van der Waals surface area contributed by atoms with Crippen LogP contribution in [0.2, 0.25) is 0 Å². The average molecular weight is 221 g/mol. The molecule has 0 aliphatic heterocycles. The van der Waals surface area contributed by atoms with Crippen molar-refractivity contribution >= 4 is 0 Å². The molecule has 0 radical (unpaired) electrons. The third kappa shape index (κ3) is 2.14. The van der Waals surface area contributed by atoms with Gasteiger partial charge in [-0.1, -0.05) is 33.6 Å². The molecule has 0 saturated heterocycles. The molecule has 1 saturated carbocycles. The predicted molar refractivity (Wildman–Crippen MR) is 66.3 cm³/mol. The maximum Gasteiger partial charge on any atom is 0.0763 e. The van der Waals surface area contributed by atoms with Crippen LogP contribution in [-0.4, -0.2) is 9.78 Å². The van der Waals surface area contributed by atoms with E-state index < -0.39 is 0 Å². The Balaban J connectivity index is 2.37. The highest BCUT2D eigenvalue weighted by molar-refractivity contribution is 5.19. The number of hydrogen-bond donors (Lipinski definition) is 1. The summed E-state index contributed by atoms with van der Waals surface area (Å²) in [5, 5.41) is 4.67. The van der Waals surface area contributed by atoms with Crippen molar-refractivity contribution in [3.8, 4) is 0 Å². The normalized spacial score (nSPS) is 18.2. The van der Waals surface area contributed by atoms with Crippen LogP contribution < -0.4 is 5.73 Å². The van der Waals surface area contributed by atoms with Gasteiger partial charge in [0.05, 0.1) is 11.7 Å². The summed E-state index contributed by atoms with van der Waals surface area (Å²) in [6.45, 7) is 7.28. The van der Waals surface area contributed by atoms with E-state index in [0.29, 0.717) is 12.6 Å². The molecule has 0 amide bonds. The van der Waals surface area contributed by atoms with Crippen LogP contribution in [0.3, 0.4) is 0 Å². The molecule has 0 spiro atoms. The minimum atomic E-state index is 0.156. The molecule has 1 aliphatic carbocycles. The zero-order chi connectivity index (χ0) is 11.8. The largest absolute Gasteiger partial charge is 0.325 e. The van der Waals surface area contributed by atoms with E-state index >= 15 is 0 Å². The second-order valence-electron chi connectivity index (χ2n) is 5.86. The highest BCUT2D eigenvalue weighted by Gasteiger charge is 2.26. The fourth-order valence-electron chi connectivity index (χ4n) is 2.53. The lowest BCUT2D eigenvalue weighted by molar-refractivity contribution is 0.407. The molecule has 1 aromatic rings. The summed E-state index contributed by atoms with van der Waals surface area (Å²) in [4.78, 5) is 0. The maximum absolute atomic E-state index is 5.70. The van der Waals surface area contributed by atoms with Gasteiger partial charge in [0.1, 0.15) is 0 Å². The van der Waals surface area contributed by atoms with Gasteiger partial charge in [0.15, 0.2) is 0 Å². The summed E-state index contributed by atoms with van der Waals surface area (Å²) < 4.78 is 2.25. The van der Waals surface area contributed by atoms with Crippen molar-refractivity contribution in [2.45, 2.75) is 64.5 Å². The van der Waals surface area contributed by atoms with Gasteiger partial charge in [0.2, 0.25) is 0 Å². The van der Waals surface area contributed by atoms with Crippen molar-refractivity contribution in [1.82, 2.24) is 9.78 Å². The molecule has 1 fully saturated rings. The van der Waals surface area contributed by atoms with Crippen molar-refractivity contribution < 1.29 is 0 Å². The molecule has 0 aromatic carbocycles. The van der Waals surface area contributed by atoms with Crippen LogP contribution in [0.25, 0.3) is 0 Å². The molecule has 2 N–H and O–H groups in total. The quantitative estimate of drug-likeness (QED) is 0.834. The van der Waals surface area contributed by atoms with Gasteiger partial charge in [-0.25, -0.2) is 0 Å². The molecule has 0 unspecified atom stereocenters. The molecule has 2 rings (SSSR count). The van der Waals surface area contributed by atoms with Gasteiger partial charge in [0.25, 0.3) is 0 Å². The molecule has 1 aromatic heterocycles. The van der Waals surface area contributed by atoms with Crippen molar-refractivity contribution in [3.63, 3.8) is 0 Å². The molecule has 1 aliphatic rings. The summed E-state index contributed by atoms with van der Waals surface area (Å²) >= 11 is 0.